The lowest BCUT2D eigenvalue weighted by Gasteiger charge is -2.09. The Morgan fingerprint density at radius 1 is 1.10 bits per heavy atom. The molecule has 1 aromatic carbocycles. The van der Waals surface area contributed by atoms with Crippen LogP contribution in [-0.4, -0.2) is 10.8 Å². The molecule has 2 rings (SSSR count). The number of aromatic nitrogens is 1. The average molecular weight is 314 g/mol. The standard InChI is InChI=1S/C15H11ClF3NO/c1-8-3-4-10(7-9(8)2)13(21)11-5-6-12(15(17,18)19)20-14(11)16/h3-7H,1-2H3. The molecule has 0 aliphatic heterocycles. The molecule has 0 atom stereocenters. The summed E-state index contributed by atoms with van der Waals surface area (Å²) in [6, 6.07) is 6.86. The van der Waals surface area contributed by atoms with E-state index < -0.39 is 22.8 Å². The number of pyridine rings is 1. The average Bonchev–Trinajstić information content (AvgIpc) is 2.40. The highest BCUT2D eigenvalue weighted by Gasteiger charge is 2.33. The zero-order valence-electron chi connectivity index (χ0n) is 11.3. The summed E-state index contributed by atoms with van der Waals surface area (Å²) >= 11 is 5.72. The molecule has 0 bridgehead atoms. The highest BCUT2D eigenvalue weighted by molar-refractivity contribution is 6.33. The minimum absolute atomic E-state index is 0.0482. The van der Waals surface area contributed by atoms with Crippen LogP contribution >= 0.6 is 11.6 Å². The number of hydrogen-bond acceptors (Lipinski definition) is 2. The summed E-state index contributed by atoms with van der Waals surface area (Å²) in [6.45, 7) is 3.75. The number of ketones is 1. The van der Waals surface area contributed by atoms with E-state index >= 15 is 0 Å². The van der Waals surface area contributed by atoms with Crippen molar-refractivity contribution < 1.29 is 18.0 Å². The molecule has 0 unspecified atom stereocenters. The van der Waals surface area contributed by atoms with Crippen LogP contribution in [0.4, 0.5) is 13.2 Å². The number of nitrogens with zero attached hydrogens (tertiary/aromatic N) is 1. The van der Waals surface area contributed by atoms with E-state index in [0.717, 1.165) is 23.3 Å². The van der Waals surface area contributed by atoms with Crippen molar-refractivity contribution in [1.82, 2.24) is 4.98 Å². The number of halogens is 4. The Bertz CT molecular complexity index is 711. The maximum absolute atomic E-state index is 12.5. The van der Waals surface area contributed by atoms with Crippen molar-refractivity contribution in [3.8, 4) is 0 Å². The Hall–Kier alpha value is -1.88. The van der Waals surface area contributed by atoms with E-state index in [9.17, 15) is 18.0 Å². The van der Waals surface area contributed by atoms with Crippen molar-refractivity contribution >= 4 is 17.4 Å². The topological polar surface area (TPSA) is 30.0 Å². The lowest BCUT2D eigenvalue weighted by atomic mass is 10.00. The molecule has 0 fully saturated rings. The van der Waals surface area contributed by atoms with E-state index in [1.165, 1.54) is 0 Å². The molecule has 21 heavy (non-hydrogen) atoms. The summed E-state index contributed by atoms with van der Waals surface area (Å²) in [6.07, 6.45) is -4.59. The smallest absolute Gasteiger partial charge is 0.288 e. The van der Waals surface area contributed by atoms with Gasteiger partial charge in [0.05, 0.1) is 5.56 Å². The predicted molar refractivity (Wildman–Crippen MR) is 73.6 cm³/mol. The van der Waals surface area contributed by atoms with Gasteiger partial charge in [-0.15, -0.1) is 0 Å². The first-order valence-corrected chi connectivity index (χ1v) is 6.43. The molecule has 0 N–H and O–H groups in total. The molecule has 110 valence electrons. The molecule has 0 radical (unpaired) electrons. The van der Waals surface area contributed by atoms with Crippen LogP contribution in [0.5, 0.6) is 0 Å². The normalized spacial score (nSPS) is 11.5. The Labute approximate surface area is 124 Å². The van der Waals surface area contributed by atoms with Gasteiger partial charge in [0.2, 0.25) is 0 Å². The van der Waals surface area contributed by atoms with Crippen LogP contribution in [0.25, 0.3) is 0 Å². The first-order chi connectivity index (χ1) is 9.70. The van der Waals surface area contributed by atoms with Crippen molar-refractivity contribution in [2.45, 2.75) is 20.0 Å². The van der Waals surface area contributed by atoms with Gasteiger partial charge in [0.1, 0.15) is 10.8 Å². The summed E-state index contributed by atoms with van der Waals surface area (Å²) in [7, 11) is 0. The maximum Gasteiger partial charge on any atom is 0.433 e. The number of carbonyl (C=O) groups is 1. The zero-order valence-corrected chi connectivity index (χ0v) is 12.0. The molecule has 0 aliphatic carbocycles. The molecular weight excluding hydrogens is 303 g/mol. The molecule has 0 amide bonds. The molecule has 0 aliphatic rings. The summed E-state index contributed by atoms with van der Waals surface area (Å²) in [5, 5.41) is -0.451. The van der Waals surface area contributed by atoms with Crippen LogP contribution in [0.3, 0.4) is 0 Å². The van der Waals surface area contributed by atoms with Crippen molar-refractivity contribution in [3.05, 3.63) is 63.4 Å². The van der Waals surface area contributed by atoms with E-state index in [2.05, 4.69) is 4.98 Å². The molecular formula is C15H11ClF3NO. The van der Waals surface area contributed by atoms with Crippen molar-refractivity contribution in [2.75, 3.05) is 0 Å². The number of aryl methyl sites for hydroxylation is 2. The fourth-order valence-electron chi connectivity index (χ4n) is 1.80. The lowest BCUT2D eigenvalue weighted by Crippen LogP contribution is -2.11. The van der Waals surface area contributed by atoms with Gasteiger partial charge in [0.15, 0.2) is 5.78 Å². The maximum atomic E-state index is 12.5. The van der Waals surface area contributed by atoms with Crippen LogP contribution in [-0.2, 0) is 6.18 Å². The van der Waals surface area contributed by atoms with Gasteiger partial charge in [-0.2, -0.15) is 13.2 Å². The van der Waals surface area contributed by atoms with Crippen molar-refractivity contribution in [2.24, 2.45) is 0 Å². The molecule has 6 heteroatoms. The van der Waals surface area contributed by atoms with Crippen LogP contribution in [0, 0.1) is 13.8 Å². The number of alkyl halides is 3. The minimum Gasteiger partial charge on any atom is -0.288 e. The largest absolute Gasteiger partial charge is 0.433 e. The quantitative estimate of drug-likeness (QED) is 0.599. The van der Waals surface area contributed by atoms with E-state index in [-0.39, 0.29) is 5.56 Å². The molecule has 1 heterocycles. The summed E-state index contributed by atoms with van der Waals surface area (Å²) in [4.78, 5) is 15.5. The number of carbonyl (C=O) groups excluding carboxylic acids is 1. The Morgan fingerprint density at radius 2 is 1.76 bits per heavy atom. The number of rotatable bonds is 2. The van der Waals surface area contributed by atoms with E-state index in [1.807, 2.05) is 13.8 Å². The first kappa shape index (κ1) is 15.5. The molecule has 0 saturated carbocycles. The van der Waals surface area contributed by atoms with Gasteiger partial charge < -0.3 is 0 Å². The zero-order chi connectivity index (χ0) is 15.8. The third-order valence-corrected chi connectivity index (χ3v) is 3.44. The second-order valence-electron chi connectivity index (χ2n) is 4.66. The van der Waals surface area contributed by atoms with Gasteiger partial charge in [-0.05, 0) is 43.2 Å². The molecule has 0 spiro atoms. The highest BCUT2D eigenvalue weighted by Crippen LogP contribution is 2.30. The summed E-state index contributed by atoms with van der Waals surface area (Å²) < 4.78 is 37.5. The SMILES string of the molecule is Cc1ccc(C(=O)c2ccc(C(F)(F)F)nc2Cl)cc1C. The number of hydrogen-bond donors (Lipinski definition) is 0. The second kappa shape index (κ2) is 5.48. The molecule has 2 aromatic rings. The van der Waals surface area contributed by atoms with Gasteiger partial charge in [-0.3, -0.25) is 4.79 Å². The van der Waals surface area contributed by atoms with Crippen LogP contribution in [0.2, 0.25) is 5.15 Å². The van der Waals surface area contributed by atoms with Crippen molar-refractivity contribution in [1.29, 1.82) is 0 Å². The van der Waals surface area contributed by atoms with E-state index in [1.54, 1.807) is 18.2 Å². The number of benzene rings is 1. The lowest BCUT2D eigenvalue weighted by molar-refractivity contribution is -0.141. The van der Waals surface area contributed by atoms with Crippen molar-refractivity contribution in [3.63, 3.8) is 0 Å². The van der Waals surface area contributed by atoms with Crippen LogP contribution in [0.15, 0.2) is 30.3 Å². The van der Waals surface area contributed by atoms with Gasteiger partial charge in [0, 0.05) is 5.56 Å². The van der Waals surface area contributed by atoms with Gasteiger partial charge in [-0.25, -0.2) is 4.98 Å². The molecule has 1 aromatic heterocycles. The third-order valence-electron chi connectivity index (χ3n) is 3.15. The molecule has 0 saturated heterocycles. The Balaban J connectivity index is 2.42. The van der Waals surface area contributed by atoms with Gasteiger partial charge >= 0.3 is 6.18 Å². The minimum atomic E-state index is -4.59. The molecule has 2 nitrogen and oxygen atoms in total. The van der Waals surface area contributed by atoms with E-state index in [4.69, 9.17) is 11.6 Å². The predicted octanol–water partition coefficient (Wildman–Crippen LogP) is 4.60. The highest BCUT2D eigenvalue weighted by atomic mass is 35.5. The first-order valence-electron chi connectivity index (χ1n) is 6.06. The monoisotopic (exact) mass is 313 g/mol. The fraction of sp³-hybridized carbons (Fsp3) is 0.200. The third kappa shape index (κ3) is 3.24. The fourth-order valence-corrected chi connectivity index (χ4v) is 2.04. The summed E-state index contributed by atoms with van der Waals surface area (Å²) in [5.74, 6) is -0.454. The van der Waals surface area contributed by atoms with Gasteiger partial charge in [-0.1, -0.05) is 23.7 Å². The van der Waals surface area contributed by atoms with Crippen LogP contribution in [0.1, 0.15) is 32.7 Å². The summed E-state index contributed by atoms with van der Waals surface area (Å²) in [5.41, 5.74) is 1.12. The Morgan fingerprint density at radius 3 is 2.29 bits per heavy atom. The second-order valence-corrected chi connectivity index (χ2v) is 5.02. The van der Waals surface area contributed by atoms with Gasteiger partial charge in [0.25, 0.3) is 0 Å². The van der Waals surface area contributed by atoms with E-state index in [0.29, 0.717) is 5.56 Å². The van der Waals surface area contributed by atoms with Crippen LogP contribution < -0.4 is 0 Å². The Kier molecular flexibility index (Phi) is 4.05.